The summed E-state index contributed by atoms with van der Waals surface area (Å²) in [6, 6.07) is 10.5. The van der Waals surface area contributed by atoms with Crippen LogP contribution in [0.1, 0.15) is 25.3 Å². The summed E-state index contributed by atoms with van der Waals surface area (Å²) in [4.78, 5) is 26.7. The van der Waals surface area contributed by atoms with E-state index in [4.69, 9.17) is 32.7 Å². The molecule has 1 N–H and O–H groups in total. The number of rotatable bonds is 8. The number of ether oxygens (including phenoxy) is 2. The third-order valence-corrected chi connectivity index (χ3v) is 5.01. The van der Waals surface area contributed by atoms with Crippen LogP contribution in [-0.4, -0.2) is 36.6 Å². The average molecular weight is 437 g/mol. The van der Waals surface area contributed by atoms with Crippen LogP contribution in [0.15, 0.2) is 36.4 Å². The fourth-order valence-electron chi connectivity index (χ4n) is 3.02. The highest BCUT2D eigenvalue weighted by molar-refractivity contribution is 6.35. The van der Waals surface area contributed by atoms with E-state index >= 15 is 0 Å². The van der Waals surface area contributed by atoms with Gasteiger partial charge in [0.15, 0.2) is 11.5 Å². The number of amides is 2. The number of carbonyl (C=O) groups is 2. The van der Waals surface area contributed by atoms with E-state index in [0.29, 0.717) is 46.6 Å². The molecule has 2 aromatic rings. The van der Waals surface area contributed by atoms with Gasteiger partial charge in [-0.2, -0.15) is 0 Å². The molecule has 0 saturated carbocycles. The Morgan fingerprint density at radius 3 is 2.69 bits per heavy atom. The first-order valence-corrected chi connectivity index (χ1v) is 10.1. The fourth-order valence-corrected chi connectivity index (χ4v) is 3.36. The Labute approximate surface area is 179 Å². The van der Waals surface area contributed by atoms with Crippen LogP contribution < -0.4 is 14.8 Å². The maximum absolute atomic E-state index is 12.7. The van der Waals surface area contributed by atoms with Crippen molar-refractivity contribution in [1.29, 1.82) is 0 Å². The Morgan fingerprint density at radius 1 is 1.10 bits per heavy atom. The summed E-state index contributed by atoms with van der Waals surface area (Å²) < 4.78 is 10.7. The Balaban J connectivity index is 1.57. The standard InChI is InChI=1S/C21H22Cl2N2O4/c1-2-9-25(12-20(26)24-17-11-15(22)5-6-16(17)23)21(27)8-4-14-3-7-18-19(10-14)29-13-28-18/h3,5-7,10-11H,2,4,8-9,12-13H2,1H3,(H,24,26). The molecule has 1 heterocycles. The van der Waals surface area contributed by atoms with E-state index in [1.165, 1.54) is 0 Å². The second-order valence-corrected chi connectivity index (χ2v) is 7.52. The van der Waals surface area contributed by atoms with Crippen molar-refractivity contribution in [2.75, 3.05) is 25.2 Å². The summed E-state index contributed by atoms with van der Waals surface area (Å²) in [6.45, 7) is 2.63. The highest BCUT2D eigenvalue weighted by atomic mass is 35.5. The molecule has 0 aromatic heterocycles. The number of hydrogen-bond acceptors (Lipinski definition) is 4. The SMILES string of the molecule is CCCN(CC(=O)Nc1cc(Cl)ccc1Cl)C(=O)CCc1ccc2c(c1)OCO2. The molecule has 0 saturated heterocycles. The number of hydrogen-bond donors (Lipinski definition) is 1. The first kappa shape index (κ1) is 21.3. The van der Waals surface area contributed by atoms with Crippen molar-refractivity contribution >= 4 is 40.7 Å². The zero-order valence-electron chi connectivity index (χ0n) is 16.0. The molecular formula is C21H22Cl2N2O4. The molecule has 1 aliphatic heterocycles. The van der Waals surface area contributed by atoms with Gasteiger partial charge in [0, 0.05) is 18.0 Å². The van der Waals surface area contributed by atoms with Gasteiger partial charge in [-0.15, -0.1) is 0 Å². The van der Waals surface area contributed by atoms with Gasteiger partial charge in [0.1, 0.15) is 0 Å². The van der Waals surface area contributed by atoms with E-state index in [9.17, 15) is 9.59 Å². The van der Waals surface area contributed by atoms with Crippen LogP contribution in [0.4, 0.5) is 5.69 Å². The molecule has 154 valence electrons. The number of aryl methyl sites for hydroxylation is 1. The molecule has 0 aliphatic carbocycles. The van der Waals surface area contributed by atoms with Crippen LogP contribution in [0.5, 0.6) is 11.5 Å². The lowest BCUT2D eigenvalue weighted by atomic mass is 10.1. The minimum absolute atomic E-state index is 0.0450. The lowest BCUT2D eigenvalue weighted by molar-refractivity contribution is -0.134. The molecule has 0 bridgehead atoms. The summed E-state index contributed by atoms with van der Waals surface area (Å²) in [6.07, 6.45) is 1.60. The summed E-state index contributed by atoms with van der Waals surface area (Å²) in [5.41, 5.74) is 1.41. The van der Waals surface area contributed by atoms with Crippen LogP contribution >= 0.6 is 23.2 Å². The maximum Gasteiger partial charge on any atom is 0.244 e. The average Bonchev–Trinajstić information content (AvgIpc) is 3.16. The van der Waals surface area contributed by atoms with Crippen molar-refractivity contribution in [1.82, 2.24) is 4.90 Å². The summed E-state index contributed by atoms with van der Waals surface area (Å²) >= 11 is 12.0. The van der Waals surface area contributed by atoms with Crippen molar-refractivity contribution in [3.63, 3.8) is 0 Å². The number of carbonyl (C=O) groups excluding carboxylic acids is 2. The maximum atomic E-state index is 12.7. The van der Waals surface area contributed by atoms with Gasteiger partial charge < -0.3 is 19.7 Å². The highest BCUT2D eigenvalue weighted by Gasteiger charge is 2.18. The van der Waals surface area contributed by atoms with Crippen LogP contribution in [0.25, 0.3) is 0 Å². The van der Waals surface area contributed by atoms with Crippen molar-refractivity contribution < 1.29 is 19.1 Å². The molecule has 29 heavy (non-hydrogen) atoms. The lowest BCUT2D eigenvalue weighted by Crippen LogP contribution is -2.38. The first-order valence-electron chi connectivity index (χ1n) is 9.37. The van der Waals surface area contributed by atoms with E-state index < -0.39 is 0 Å². The molecule has 1 aliphatic rings. The van der Waals surface area contributed by atoms with Crippen molar-refractivity contribution in [2.24, 2.45) is 0 Å². The zero-order chi connectivity index (χ0) is 20.8. The molecule has 2 amide bonds. The Kier molecular flexibility index (Phi) is 7.23. The number of halogens is 2. The van der Waals surface area contributed by atoms with Gasteiger partial charge in [-0.1, -0.05) is 36.2 Å². The second kappa shape index (κ2) is 9.85. The first-order chi connectivity index (χ1) is 14.0. The summed E-state index contributed by atoms with van der Waals surface area (Å²) in [7, 11) is 0. The Morgan fingerprint density at radius 2 is 1.90 bits per heavy atom. The van der Waals surface area contributed by atoms with E-state index in [1.54, 1.807) is 23.1 Å². The normalized spacial score (nSPS) is 12.0. The van der Waals surface area contributed by atoms with Gasteiger partial charge in [0.05, 0.1) is 17.3 Å². The molecular weight excluding hydrogens is 415 g/mol. The predicted molar refractivity (Wildman–Crippen MR) is 113 cm³/mol. The minimum atomic E-state index is -0.320. The van der Waals surface area contributed by atoms with E-state index in [0.717, 1.165) is 12.0 Å². The number of benzene rings is 2. The zero-order valence-corrected chi connectivity index (χ0v) is 17.6. The second-order valence-electron chi connectivity index (χ2n) is 6.68. The molecule has 8 heteroatoms. The summed E-state index contributed by atoms with van der Waals surface area (Å²) in [5.74, 6) is 0.998. The smallest absolute Gasteiger partial charge is 0.244 e. The van der Waals surface area contributed by atoms with Gasteiger partial charge in [0.2, 0.25) is 18.6 Å². The third kappa shape index (κ3) is 5.78. The van der Waals surface area contributed by atoms with Crippen LogP contribution in [0.3, 0.4) is 0 Å². The van der Waals surface area contributed by atoms with E-state index in [1.807, 2.05) is 25.1 Å². The number of nitrogens with zero attached hydrogens (tertiary/aromatic N) is 1. The van der Waals surface area contributed by atoms with Gasteiger partial charge in [-0.05, 0) is 48.7 Å². The molecule has 6 nitrogen and oxygen atoms in total. The lowest BCUT2D eigenvalue weighted by Gasteiger charge is -2.22. The number of nitrogens with one attached hydrogen (secondary N) is 1. The van der Waals surface area contributed by atoms with Crippen molar-refractivity contribution in [3.05, 3.63) is 52.0 Å². The molecule has 3 rings (SSSR count). The van der Waals surface area contributed by atoms with Gasteiger partial charge in [-0.25, -0.2) is 0 Å². The summed E-state index contributed by atoms with van der Waals surface area (Å²) in [5, 5.41) is 3.57. The van der Waals surface area contributed by atoms with Gasteiger partial charge in [0.25, 0.3) is 0 Å². The number of fused-ring (bicyclic) bond motifs is 1. The number of anilines is 1. The molecule has 0 fully saturated rings. The van der Waals surface area contributed by atoms with Crippen LogP contribution in [0.2, 0.25) is 10.0 Å². The Hall–Kier alpha value is -2.44. The van der Waals surface area contributed by atoms with Crippen molar-refractivity contribution in [3.8, 4) is 11.5 Å². The third-order valence-electron chi connectivity index (χ3n) is 4.45. The molecule has 0 unspecified atom stereocenters. The van der Waals surface area contributed by atoms with E-state index in [-0.39, 0.29) is 25.2 Å². The highest BCUT2D eigenvalue weighted by Crippen LogP contribution is 2.32. The fraction of sp³-hybridized carbons (Fsp3) is 0.333. The van der Waals surface area contributed by atoms with Gasteiger partial charge >= 0.3 is 0 Å². The Bertz CT molecular complexity index is 904. The quantitative estimate of drug-likeness (QED) is 0.659. The minimum Gasteiger partial charge on any atom is -0.454 e. The molecule has 0 atom stereocenters. The largest absolute Gasteiger partial charge is 0.454 e. The van der Waals surface area contributed by atoms with E-state index in [2.05, 4.69) is 5.32 Å². The molecule has 2 aromatic carbocycles. The van der Waals surface area contributed by atoms with Crippen molar-refractivity contribution in [2.45, 2.75) is 26.2 Å². The monoisotopic (exact) mass is 436 g/mol. The van der Waals surface area contributed by atoms with Gasteiger partial charge in [-0.3, -0.25) is 9.59 Å². The van der Waals surface area contributed by atoms with Crippen LogP contribution in [0, 0.1) is 0 Å². The van der Waals surface area contributed by atoms with Crippen LogP contribution in [-0.2, 0) is 16.0 Å². The predicted octanol–water partition coefficient (Wildman–Crippen LogP) is 4.53. The molecule has 0 radical (unpaired) electrons. The topological polar surface area (TPSA) is 67.9 Å². The molecule has 0 spiro atoms.